The molecule has 0 spiro atoms. The fraction of sp³-hybridized carbons (Fsp3) is 0.100. The molecule has 2 aromatic rings. The first-order chi connectivity index (χ1) is 8.06. The van der Waals surface area contributed by atoms with E-state index in [0.717, 1.165) is 26.1 Å². The van der Waals surface area contributed by atoms with Crippen LogP contribution in [0.1, 0.15) is 6.92 Å². The molecule has 88 valence electrons. The highest BCUT2D eigenvalue weighted by Gasteiger charge is 2.12. The Balaban J connectivity index is 2.24. The van der Waals surface area contributed by atoms with Crippen molar-refractivity contribution >= 4 is 38.6 Å². The van der Waals surface area contributed by atoms with Gasteiger partial charge in [0.15, 0.2) is 0 Å². The maximum Gasteiger partial charge on any atom is 0.324 e. The van der Waals surface area contributed by atoms with Crippen LogP contribution in [0, 0.1) is 10.1 Å². The van der Waals surface area contributed by atoms with Crippen molar-refractivity contribution in [3.8, 4) is 9.75 Å². The quantitative estimate of drug-likeness (QED) is 0.685. The molecule has 0 saturated heterocycles. The largest absolute Gasteiger partial charge is 0.324 e. The van der Waals surface area contributed by atoms with Crippen LogP contribution < -0.4 is 5.32 Å². The second-order valence-electron chi connectivity index (χ2n) is 3.24. The van der Waals surface area contributed by atoms with Crippen LogP contribution in [0.5, 0.6) is 0 Å². The molecule has 0 bridgehead atoms. The van der Waals surface area contributed by atoms with Gasteiger partial charge in [0.05, 0.1) is 14.8 Å². The maximum absolute atomic E-state index is 10.9. The minimum atomic E-state index is -0.406. The summed E-state index contributed by atoms with van der Waals surface area (Å²) in [6, 6.07) is 6.82. The van der Waals surface area contributed by atoms with Crippen LogP contribution in [0.4, 0.5) is 10.0 Å². The molecule has 0 aliphatic heterocycles. The normalized spacial score (nSPS) is 10.2. The van der Waals surface area contributed by atoms with E-state index >= 15 is 0 Å². The molecule has 17 heavy (non-hydrogen) atoms. The summed E-state index contributed by atoms with van der Waals surface area (Å²) < 4.78 is 0. The van der Waals surface area contributed by atoms with Crippen LogP contribution >= 0.6 is 22.7 Å². The van der Waals surface area contributed by atoms with E-state index in [4.69, 9.17) is 0 Å². The van der Waals surface area contributed by atoms with Crippen molar-refractivity contribution in [2.75, 3.05) is 5.32 Å². The Labute approximate surface area is 105 Å². The number of nitrogens with zero attached hydrogens (tertiary/aromatic N) is 1. The number of nitro groups is 1. The standard InChI is InChI=1S/C10H8N2O3S2/c1-6(13)11-9-4-2-7(16-9)8-3-5-10(17-8)12(14)15/h2-5H,1H3,(H,11,13). The molecule has 2 heterocycles. The summed E-state index contributed by atoms with van der Waals surface area (Å²) >= 11 is 2.52. The molecular weight excluding hydrogens is 260 g/mol. The van der Waals surface area contributed by atoms with Gasteiger partial charge in [-0.1, -0.05) is 11.3 Å². The van der Waals surface area contributed by atoms with Crippen molar-refractivity contribution in [1.82, 2.24) is 0 Å². The number of rotatable bonds is 3. The van der Waals surface area contributed by atoms with E-state index in [1.165, 1.54) is 24.3 Å². The van der Waals surface area contributed by atoms with Gasteiger partial charge in [0.2, 0.25) is 5.91 Å². The topological polar surface area (TPSA) is 72.2 Å². The molecule has 1 amide bonds. The van der Waals surface area contributed by atoms with Crippen LogP contribution in [0.15, 0.2) is 24.3 Å². The average Bonchev–Trinajstić information content (AvgIpc) is 2.83. The first kappa shape index (κ1) is 11.7. The van der Waals surface area contributed by atoms with Crippen LogP contribution in [0.3, 0.4) is 0 Å². The van der Waals surface area contributed by atoms with E-state index < -0.39 is 4.92 Å². The number of hydrogen-bond donors (Lipinski definition) is 1. The smallest absolute Gasteiger partial charge is 0.318 e. The van der Waals surface area contributed by atoms with Crippen LogP contribution in [-0.2, 0) is 4.79 Å². The van der Waals surface area contributed by atoms with Gasteiger partial charge in [0.1, 0.15) is 0 Å². The lowest BCUT2D eigenvalue weighted by molar-refractivity contribution is -0.380. The Morgan fingerprint density at radius 1 is 1.24 bits per heavy atom. The van der Waals surface area contributed by atoms with Gasteiger partial charge < -0.3 is 5.32 Å². The highest BCUT2D eigenvalue weighted by atomic mass is 32.1. The summed E-state index contributed by atoms with van der Waals surface area (Å²) in [6.45, 7) is 1.44. The molecule has 2 aromatic heterocycles. The highest BCUT2D eigenvalue weighted by molar-refractivity contribution is 7.25. The predicted octanol–water partition coefficient (Wildman–Crippen LogP) is 3.34. The lowest BCUT2D eigenvalue weighted by Crippen LogP contribution is -2.03. The van der Waals surface area contributed by atoms with E-state index in [2.05, 4.69) is 5.32 Å². The molecule has 0 fully saturated rings. The zero-order valence-electron chi connectivity index (χ0n) is 8.80. The average molecular weight is 268 g/mol. The summed E-state index contributed by atoms with van der Waals surface area (Å²) in [5.74, 6) is -0.129. The second-order valence-corrected chi connectivity index (χ2v) is 5.39. The van der Waals surface area contributed by atoms with Crippen molar-refractivity contribution in [3.05, 3.63) is 34.4 Å². The molecule has 0 atom stereocenters. The number of thiophene rings is 2. The Hall–Kier alpha value is -1.73. The van der Waals surface area contributed by atoms with Gasteiger partial charge in [-0.05, 0) is 18.2 Å². The minimum absolute atomic E-state index is 0.120. The van der Waals surface area contributed by atoms with Gasteiger partial charge in [-0.25, -0.2) is 0 Å². The number of carbonyl (C=O) groups excluding carboxylic acids is 1. The molecule has 0 unspecified atom stereocenters. The Bertz CT molecular complexity index is 574. The van der Waals surface area contributed by atoms with Crippen molar-refractivity contribution in [2.24, 2.45) is 0 Å². The first-order valence-corrected chi connectivity index (χ1v) is 6.31. The number of hydrogen-bond acceptors (Lipinski definition) is 5. The minimum Gasteiger partial charge on any atom is -0.318 e. The number of anilines is 1. The van der Waals surface area contributed by atoms with Gasteiger partial charge in [-0.15, -0.1) is 11.3 Å². The third kappa shape index (κ3) is 2.69. The molecule has 5 nitrogen and oxygen atoms in total. The van der Waals surface area contributed by atoms with Gasteiger partial charge >= 0.3 is 5.00 Å². The summed E-state index contributed by atoms with van der Waals surface area (Å²) in [4.78, 5) is 22.8. The third-order valence-electron chi connectivity index (χ3n) is 1.92. The van der Waals surface area contributed by atoms with Crippen molar-refractivity contribution in [3.63, 3.8) is 0 Å². The lowest BCUT2D eigenvalue weighted by Gasteiger charge is -1.94. The molecule has 7 heteroatoms. The molecular formula is C10H8N2O3S2. The summed E-state index contributed by atoms with van der Waals surface area (Å²) in [6.07, 6.45) is 0. The van der Waals surface area contributed by atoms with Gasteiger partial charge in [-0.3, -0.25) is 14.9 Å². The molecule has 1 N–H and O–H groups in total. The van der Waals surface area contributed by atoms with Gasteiger partial charge in [-0.2, -0.15) is 0 Å². The van der Waals surface area contributed by atoms with Gasteiger partial charge in [0.25, 0.3) is 0 Å². The van der Waals surface area contributed by atoms with E-state index in [1.54, 1.807) is 12.1 Å². The lowest BCUT2D eigenvalue weighted by atomic mass is 10.4. The third-order valence-corrected chi connectivity index (χ3v) is 4.15. The summed E-state index contributed by atoms with van der Waals surface area (Å²) in [5.41, 5.74) is 0. The van der Waals surface area contributed by atoms with Crippen molar-refractivity contribution in [1.29, 1.82) is 0 Å². The fourth-order valence-electron chi connectivity index (χ4n) is 1.27. The summed E-state index contributed by atoms with van der Waals surface area (Å²) in [5, 5.41) is 14.1. The molecule has 0 saturated carbocycles. The van der Waals surface area contributed by atoms with E-state index in [9.17, 15) is 14.9 Å². The van der Waals surface area contributed by atoms with Crippen molar-refractivity contribution < 1.29 is 9.72 Å². The highest BCUT2D eigenvalue weighted by Crippen LogP contribution is 2.38. The van der Waals surface area contributed by atoms with Crippen LogP contribution in [0.2, 0.25) is 0 Å². The zero-order chi connectivity index (χ0) is 12.4. The first-order valence-electron chi connectivity index (χ1n) is 4.68. The van der Waals surface area contributed by atoms with Crippen molar-refractivity contribution in [2.45, 2.75) is 6.92 Å². The predicted molar refractivity (Wildman–Crippen MR) is 68.6 cm³/mol. The maximum atomic E-state index is 10.9. The second kappa shape index (κ2) is 4.64. The number of nitrogens with one attached hydrogen (secondary N) is 1. The van der Waals surface area contributed by atoms with Gasteiger partial charge in [0, 0.05) is 17.9 Å². The van der Waals surface area contributed by atoms with E-state index in [0.29, 0.717) is 0 Å². The Morgan fingerprint density at radius 3 is 2.47 bits per heavy atom. The Kier molecular flexibility index (Phi) is 3.21. The SMILES string of the molecule is CC(=O)Nc1ccc(-c2ccc([N+](=O)[O-])s2)s1. The van der Waals surface area contributed by atoms with Crippen LogP contribution in [0.25, 0.3) is 9.75 Å². The van der Waals surface area contributed by atoms with E-state index in [-0.39, 0.29) is 10.9 Å². The molecule has 2 rings (SSSR count). The van der Waals surface area contributed by atoms with Crippen LogP contribution in [-0.4, -0.2) is 10.8 Å². The molecule has 0 aliphatic rings. The number of carbonyl (C=O) groups is 1. The molecule has 0 radical (unpaired) electrons. The Morgan fingerprint density at radius 2 is 1.88 bits per heavy atom. The summed E-state index contributed by atoms with van der Waals surface area (Å²) in [7, 11) is 0. The fourth-order valence-corrected chi connectivity index (χ4v) is 3.13. The van der Waals surface area contributed by atoms with E-state index in [1.807, 2.05) is 6.07 Å². The number of amides is 1. The molecule has 0 aliphatic carbocycles. The molecule has 0 aromatic carbocycles. The zero-order valence-corrected chi connectivity index (χ0v) is 10.4. The monoisotopic (exact) mass is 268 g/mol.